The van der Waals surface area contributed by atoms with E-state index in [9.17, 15) is 9.59 Å². The maximum atomic E-state index is 12.7. The van der Waals surface area contributed by atoms with Crippen molar-refractivity contribution in [1.82, 2.24) is 5.43 Å². The minimum absolute atomic E-state index is 0.0265. The number of allylic oxidation sites excluding steroid dienone is 1. The van der Waals surface area contributed by atoms with Gasteiger partial charge in [0.05, 0.1) is 12.8 Å². The number of hydrogen-bond acceptors (Lipinski definition) is 5. The highest BCUT2D eigenvalue weighted by atomic mass is 16.5. The summed E-state index contributed by atoms with van der Waals surface area (Å²) >= 11 is 0. The van der Waals surface area contributed by atoms with Gasteiger partial charge in [0, 0.05) is 22.8 Å². The lowest BCUT2D eigenvalue weighted by atomic mass is 10.1. The summed E-state index contributed by atoms with van der Waals surface area (Å²) in [6, 6.07) is 23.2. The van der Waals surface area contributed by atoms with Crippen LogP contribution in [-0.4, -0.2) is 24.6 Å². The molecule has 4 rings (SSSR count). The summed E-state index contributed by atoms with van der Waals surface area (Å²) < 4.78 is 4.85. The first-order chi connectivity index (χ1) is 15.1. The molecule has 3 aromatic carbocycles. The summed E-state index contributed by atoms with van der Waals surface area (Å²) in [5.74, 6) is -0.967. The Kier molecular flexibility index (Phi) is 5.76. The van der Waals surface area contributed by atoms with E-state index in [0.29, 0.717) is 11.3 Å². The van der Waals surface area contributed by atoms with Crippen LogP contribution in [0, 0.1) is 0 Å². The van der Waals surface area contributed by atoms with Gasteiger partial charge < -0.3 is 4.74 Å². The number of fused-ring (bicyclic) bond motifs is 3. The summed E-state index contributed by atoms with van der Waals surface area (Å²) in [6.45, 7) is 2.05. The largest absolute Gasteiger partial charge is 0.464 e. The summed E-state index contributed by atoms with van der Waals surface area (Å²) in [4.78, 5) is 25.0. The molecule has 5 nitrogen and oxygen atoms in total. The second-order valence-electron chi connectivity index (χ2n) is 7.13. The van der Waals surface area contributed by atoms with Gasteiger partial charge in [-0.05, 0) is 23.1 Å². The smallest absolute Gasteiger partial charge is 0.356 e. The van der Waals surface area contributed by atoms with E-state index in [-0.39, 0.29) is 11.5 Å². The monoisotopic (exact) mass is 410 g/mol. The molecule has 0 saturated heterocycles. The molecule has 1 aliphatic rings. The van der Waals surface area contributed by atoms with Crippen LogP contribution in [0.2, 0.25) is 0 Å². The van der Waals surface area contributed by atoms with Crippen LogP contribution >= 0.6 is 0 Å². The van der Waals surface area contributed by atoms with Crippen molar-refractivity contribution in [2.45, 2.75) is 13.3 Å². The number of nitrogens with zero attached hydrogens (tertiary/aromatic N) is 1. The molecule has 31 heavy (non-hydrogen) atoms. The highest BCUT2D eigenvalue weighted by molar-refractivity contribution is 6.24. The zero-order chi connectivity index (χ0) is 21.8. The molecule has 0 heterocycles. The number of nitrogens with one attached hydrogen (secondary N) is 1. The van der Waals surface area contributed by atoms with E-state index in [1.54, 1.807) is 12.1 Å². The van der Waals surface area contributed by atoms with Crippen molar-refractivity contribution in [3.05, 3.63) is 107 Å². The number of hydrazone groups is 1. The molecule has 0 aromatic heterocycles. The Bertz CT molecular complexity index is 1160. The molecule has 0 saturated carbocycles. The first-order valence-electron chi connectivity index (χ1n) is 10.1. The first kappa shape index (κ1) is 20.3. The third kappa shape index (κ3) is 4.03. The molecule has 0 radical (unpaired) electrons. The van der Waals surface area contributed by atoms with E-state index in [1.807, 2.05) is 60.7 Å². The Morgan fingerprint density at radius 3 is 1.94 bits per heavy atom. The van der Waals surface area contributed by atoms with E-state index in [2.05, 4.69) is 17.5 Å². The average molecular weight is 410 g/mol. The molecule has 0 aliphatic heterocycles. The topological polar surface area (TPSA) is 67.8 Å². The van der Waals surface area contributed by atoms with Crippen LogP contribution < -0.4 is 5.43 Å². The minimum Gasteiger partial charge on any atom is -0.464 e. The fourth-order valence-electron chi connectivity index (χ4n) is 3.60. The van der Waals surface area contributed by atoms with Crippen LogP contribution in [0.25, 0.3) is 11.1 Å². The van der Waals surface area contributed by atoms with Crippen molar-refractivity contribution >= 4 is 17.5 Å². The fraction of sp³-hybridized carbons (Fsp3) is 0.115. The lowest BCUT2D eigenvalue weighted by molar-refractivity contribution is -0.136. The van der Waals surface area contributed by atoms with Gasteiger partial charge in [-0.2, -0.15) is 5.10 Å². The van der Waals surface area contributed by atoms with Crippen LogP contribution in [-0.2, 0) is 16.0 Å². The Labute approximate surface area is 181 Å². The van der Waals surface area contributed by atoms with Gasteiger partial charge in [-0.15, -0.1) is 0 Å². The molecule has 5 heteroatoms. The number of carbonyl (C=O) groups excluding carboxylic acids is 2. The lowest BCUT2D eigenvalue weighted by Gasteiger charge is -2.07. The van der Waals surface area contributed by atoms with Gasteiger partial charge in [0.2, 0.25) is 0 Å². The maximum absolute atomic E-state index is 12.7. The van der Waals surface area contributed by atoms with Gasteiger partial charge in [-0.3, -0.25) is 10.2 Å². The van der Waals surface area contributed by atoms with Gasteiger partial charge in [0.25, 0.3) is 0 Å². The molecule has 0 fully saturated rings. The van der Waals surface area contributed by atoms with Crippen LogP contribution in [0.4, 0.5) is 0 Å². The number of rotatable bonds is 6. The summed E-state index contributed by atoms with van der Waals surface area (Å²) in [6.07, 6.45) is 2.11. The van der Waals surface area contributed by atoms with Crippen LogP contribution in [0.5, 0.6) is 0 Å². The molecule has 0 bridgehead atoms. The van der Waals surface area contributed by atoms with Crippen molar-refractivity contribution in [2.75, 3.05) is 7.11 Å². The normalized spacial score (nSPS) is 12.1. The molecule has 0 spiro atoms. The lowest BCUT2D eigenvalue weighted by Crippen LogP contribution is -2.20. The van der Waals surface area contributed by atoms with E-state index in [4.69, 9.17) is 4.74 Å². The zero-order valence-corrected chi connectivity index (χ0v) is 17.4. The number of aryl methyl sites for hydroxylation is 1. The second-order valence-corrected chi connectivity index (χ2v) is 7.13. The number of ether oxygens (including phenoxy) is 1. The molecule has 154 valence electrons. The van der Waals surface area contributed by atoms with Crippen molar-refractivity contribution < 1.29 is 14.3 Å². The number of methoxy groups -OCH3 is 1. The van der Waals surface area contributed by atoms with E-state index < -0.39 is 5.97 Å². The summed E-state index contributed by atoms with van der Waals surface area (Å²) in [5.41, 5.74) is 9.16. The minimum atomic E-state index is -0.664. The highest BCUT2D eigenvalue weighted by Crippen LogP contribution is 2.36. The molecule has 0 atom stereocenters. The Morgan fingerprint density at radius 2 is 1.42 bits per heavy atom. The quantitative estimate of drug-likeness (QED) is 0.220. The molecular weight excluding hydrogens is 388 g/mol. The predicted octanol–water partition coefficient (Wildman–Crippen LogP) is 4.51. The highest BCUT2D eigenvalue weighted by Gasteiger charge is 2.24. The van der Waals surface area contributed by atoms with Gasteiger partial charge in [-0.25, -0.2) is 4.79 Å². The van der Waals surface area contributed by atoms with Crippen LogP contribution in [0.15, 0.2) is 89.7 Å². The van der Waals surface area contributed by atoms with E-state index >= 15 is 0 Å². The summed E-state index contributed by atoms with van der Waals surface area (Å²) in [5, 5.41) is 4.49. The maximum Gasteiger partial charge on any atom is 0.356 e. The Hall–Kier alpha value is -3.99. The number of hydrogen-bond donors (Lipinski definition) is 1. The molecule has 0 unspecified atom stereocenters. The third-order valence-corrected chi connectivity index (χ3v) is 5.27. The summed E-state index contributed by atoms with van der Waals surface area (Å²) in [7, 11) is 1.27. The molecule has 0 amide bonds. The third-order valence-electron chi connectivity index (χ3n) is 5.27. The standard InChI is InChI=1S/C26H22N2O3/c1-3-17-12-14-18(15-13-17)24(29)16-23(26(30)31-2)27-28-25-21-10-6-4-8-19(21)20-9-5-7-11-22(20)25/h4-16,27H,3H2,1-2H3/b23-16-. The number of benzene rings is 3. The van der Waals surface area contributed by atoms with Crippen LogP contribution in [0.3, 0.4) is 0 Å². The number of carbonyl (C=O) groups is 2. The van der Waals surface area contributed by atoms with Crippen molar-refractivity contribution in [2.24, 2.45) is 5.10 Å². The van der Waals surface area contributed by atoms with Crippen molar-refractivity contribution in [3.8, 4) is 11.1 Å². The van der Waals surface area contributed by atoms with Crippen molar-refractivity contribution in [3.63, 3.8) is 0 Å². The zero-order valence-electron chi connectivity index (χ0n) is 17.4. The van der Waals surface area contributed by atoms with Crippen molar-refractivity contribution in [1.29, 1.82) is 0 Å². The Morgan fingerprint density at radius 1 is 0.871 bits per heavy atom. The SMILES string of the molecule is CCc1ccc(C(=O)/C=C(\NN=C2c3ccccc3-c3ccccc32)C(=O)OC)cc1. The van der Waals surface area contributed by atoms with E-state index in [0.717, 1.165) is 34.2 Å². The van der Waals surface area contributed by atoms with Gasteiger partial charge in [-0.1, -0.05) is 79.7 Å². The first-order valence-corrected chi connectivity index (χ1v) is 10.1. The van der Waals surface area contributed by atoms with E-state index in [1.165, 1.54) is 13.2 Å². The average Bonchev–Trinajstić information content (AvgIpc) is 3.15. The molecule has 1 N–H and O–H groups in total. The van der Waals surface area contributed by atoms with Gasteiger partial charge in [0.15, 0.2) is 5.78 Å². The molecular formula is C26H22N2O3. The fourth-order valence-corrected chi connectivity index (χ4v) is 3.60. The van der Waals surface area contributed by atoms with Crippen LogP contribution in [0.1, 0.15) is 34.0 Å². The number of esters is 1. The van der Waals surface area contributed by atoms with Gasteiger partial charge >= 0.3 is 5.97 Å². The number of ketones is 1. The van der Waals surface area contributed by atoms with Gasteiger partial charge in [0.1, 0.15) is 5.70 Å². The predicted molar refractivity (Wildman–Crippen MR) is 121 cm³/mol. The second kappa shape index (κ2) is 8.79. The molecule has 1 aliphatic carbocycles. The molecule has 3 aromatic rings. The Balaban J connectivity index is 1.67.